The molecule has 2 aromatic rings. The van der Waals surface area contributed by atoms with Gasteiger partial charge in [0.05, 0.1) is 12.6 Å². The average Bonchev–Trinajstić information content (AvgIpc) is 3.13. The number of piperidine rings is 1. The predicted molar refractivity (Wildman–Crippen MR) is 204 cm³/mol. The van der Waals surface area contributed by atoms with Crippen molar-refractivity contribution in [1.29, 1.82) is 0 Å². The van der Waals surface area contributed by atoms with Gasteiger partial charge in [0, 0.05) is 31.6 Å². The Morgan fingerprint density at radius 3 is 2.09 bits per heavy atom. The van der Waals surface area contributed by atoms with Gasteiger partial charge >= 0.3 is 5.97 Å². The number of fused-ring (bicyclic) bond motifs is 2. The molecule has 6 atom stereocenters. The van der Waals surface area contributed by atoms with Crippen molar-refractivity contribution < 1.29 is 29.1 Å². The lowest BCUT2D eigenvalue weighted by atomic mass is 9.87. The van der Waals surface area contributed by atoms with Crippen LogP contribution in [-0.2, 0) is 36.8 Å². The summed E-state index contributed by atoms with van der Waals surface area (Å²) in [5, 5.41) is 21.5. The normalized spacial score (nSPS) is 19.6. The van der Waals surface area contributed by atoms with Crippen LogP contribution in [-0.4, -0.2) is 113 Å². The molecule has 2 bridgehead atoms. The zero-order chi connectivity index (χ0) is 38.5. The molecule has 13 heteroatoms. The number of hydrogen-bond acceptors (Lipinski definition) is 8. The topological polar surface area (TPSA) is 186 Å². The Hall–Kier alpha value is -4.33. The third-order valence-electron chi connectivity index (χ3n) is 10.2. The van der Waals surface area contributed by atoms with E-state index in [1.54, 1.807) is 11.8 Å². The molecule has 0 saturated carbocycles. The molecule has 0 aliphatic carbocycles. The molecule has 4 amide bonds. The Kier molecular flexibility index (Phi) is 15.4. The number of carboxylic acid groups (broad SMARTS) is 1. The molecule has 6 unspecified atom stereocenters. The summed E-state index contributed by atoms with van der Waals surface area (Å²) in [5.41, 5.74) is 6.59. The van der Waals surface area contributed by atoms with E-state index in [0.29, 0.717) is 32.4 Å². The lowest BCUT2D eigenvalue weighted by molar-refractivity contribution is -0.154. The lowest BCUT2D eigenvalue weighted by Gasteiger charge is -2.56. The molecule has 3 heterocycles. The summed E-state index contributed by atoms with van der Waals surface area (Å²) in [6.07, 6.45) is 3.53. The minimum atomic E-state index is -1.46. The van der Waals surface area contributed by atoms with E-state index in [1.807, 2.05) is 86.3 Å². The summed E-state index contributed by atoms with van der Waals surface area (Å²) in [4.78, 5) is 71.0. The van der Waals surface area contributed by atoms with Gasteiger partial charge in [-0.05, 0) is 75.6 Å². The monoisotopic (exact) mass is 733 g/mol. The lowest BCUT2D eigenvalue weighted by Crippen LogP contribution is -2.71. The SMILES string of the molecule is CCNCCCCC(NC(=O)C(CC(C)C)NC(=O)C(C)(Cc1ccccc1)NC(=O)C(N)Cc1ccccc1)C(=O)N1CC2CC(C1)N2CC(=O)O. The van der Waals surface area contributed by atoms with E-state index in [4.69, 9.17) is 5.73 Å². The second-order valence-corrected chi connectivity index (χ2v) is 15.2. The Morgan fingerprint density at radius 2 is 1.51 bits per heavy atom. The van der Waals surface area contributed by atoms with Gasteiger partial charge in [-0.25, -0.2) is 0 Å². The van der Waals surface area contributed by atoms with Crippen LogP contribution in [0.15, 0.2) is 60.7 Å². The number of aliphatic carboxylic acids is 1. The third kappa shape index (κ3) is 12.1. The molecular weight excluding hydrogens is 674 g/mol. The van der Waals surface area contributed by atoms with Crippen molar-refractivity contribution in [3.63, 3.8) is 0 Å². The standard InChI is InChI=1S/C40H59N7O6/c1-5-42-19-13-12-18-33(38(52)46-24-30-22-31(25-46)47(30)26-35(48)49)43-37(51)34(20-27(2)3)44-39(53)40(4,23-29-16-10-7-11-17-29)45-36(50)32(41)21-28-14-8-6-9-15-28/h6-11,14-17,27,30-34,42H,5,12-13,18-26,41H2,1-4H3,(H,43,51)(H,44,53)(H,45,50)(H,48,49). The van der Waals surface area contributed by atoms with Crippen molar-refractivity contribution >= 4 is 29.6 Å². The van der Waals surface area contributed by atoms with Crippen molar-refractivity contribution in [3.05, 3.63) is 71.8 Å². The Bertz CT molecular complexity index is 1510. The number of carbonyl (C=O) groups excluding carboxylic acids is 4. The molecule has 3 fully saturated rings. The van der Waals surface area contributed by atoms with Crippen molar-refractivity contribution in [2.75, 3.05) is 32.7 Å². The largest absolute Gasteiger partial charge is 0.480 e. The van der Waals surface area contributed by atoms with E-state index in [-0.39, 0.29) is 43.3 Å². The number of hydrogen-bond donors (Lipinski definition) is 6. The molecule has 0 radical (unpaired) electrons. The van der Waals surface area contributed by atoms with Crippen molar-refractivity contribution in [1.82, 2.24) is 31.1 Å². The maximum absolute atomic E-state index is 14.3. The van der Waals surface area contributed by atoms with Gasteiger partial charge in [0.25, 0.3) is 0 Å². The number of amides is 4. The number of carboxylic acids is 1. The maximum Gasteiger partial charge on any atom is 0.317 e. The summed E-state index contributed by atoms with van der Waals surface area (Å²) < 4.78 is 0. The predicted octanol–water partition coefficient (Wildman–Crippen LogP) is 1.84. The molecule has 3 aliphatic heterocycles. The first-order valence-corrected chi connectivity index (χ1v) is 19.0. The van der Waals surface area contributed by atoms with Crippen LogP contribution in [0.1, 0.15) is 70.9 Å². The highest BCUT2D eigenvalue weighted by molar-refractivity contribution is 5.97. The van der Waals surface area contributed by atoms with Crippen LogP contribution in [0.3, 0.4) is 0 Å². The van der Waals surface area contributed by atoms with Gasteiger partial charge in [-0.15, -0.1) is 0 Å². The number of rotatable bonds is 21. The molecule has 5 rings (SSSR count). The van der Waals surface area contributed by atoms with E-state index >= 15 is 0 Å². The minimum Gasteiger partial charge on any atom is -0.480 e. The van der Waals surface area contributed by atoms with E-state index in [1.165, 1.54) is 0 Å². The molecule has 0 aromatic heterocycles. The second-order valence-electron chi connectivity index (χ2n) is 15.2. The number of benzene rings is 2. The summed E-state index contributed by atoms with van der Waals surface area (Å²) in [6.45, 7) is 9.95. The summed E-state index contributed by atoms with van der Waals surface area (Å²) in [5.74, 6) is -2.57. The molecule has 7 N–H and O–H groups in total. The van der Waals surface area contributed by atoms with Crippen molar-refractivity contribution in [2.45, 2.75) is 108 Å². The van der Waals surface area contributed by atoms with Gasteiger partial charge in [0.1, 0.15) is 17.6 Å². The fourth-order valence-electron chi connectivity index (χ4n) is 7.34. The van der Waals surface area contributed by atoms with Gasteiger partial charge in [0.15, 0.2) is 0 Å². The second kappa shape index (κ2) is 19.7. The summed E-state index contributed by atoms with van der Waals surface area (Å²) in [6, 6.07) is 16.0. The Labute approximate surface area is 313 Å². The molecule has 53 heavy (non-hydrogen) atoms. The highest BCUT2D eigenvalue weighted by atomic mass is 16.4. The van der Waals surface area contributed by atoms with E-state index in [0.717, 1.165) is 37.1 Å². The summed E-state index contributed by atoms with van der Waals surface area (Å²) in [7, 11) is 0. The van der Waals surface area contributed by atoms with Gasteiger partial charge in [-0.2, -0.15) is 0 Å². The first-order valence-electron chi connectivity index (χ1n) is 19.0. The van der Waals surface area contributed by atoms with Crippen LogP contribution >= 0.6 is 0 Å². The number of nitrogens with zero attached hydrogens (tertiary/aromatic N) is 2. The zero-order valence-electron chi connectivity index (χ0n) is 31.7. The number of nitrogens with two attached hydrogens (primary N) is 1. The number of nitrogens with one attached hydrogen (secondary N) is 4. The maximum atomic E-state index is 14.3. The van der Waals surface area contributed by atoms with Crippen LogP contribution in [0.25, 0.3) is 0 Å². The Balaban J connectivity index is 1.50. The quantitative estimate of drug-likeness (QED) is 0.104. The van der Waals surface area contributed by atoms with Gasteiger partial charge < -0.3 is 37.0 Å². The van der Waals surface area contributed by atoms with Crippen molar-refractivity contribution in [2.24, 2.45) is 11.7 Å². The molecule has 3 aliphatic rings. The van der Waals surface area contributed by atoms with Gasteiger partial charge in [-0.3, -0.25) is 28.9 Å². The first-order chi connectivity index (χ1) is 25.3. The van der Waals surface area contributed by atoms with E-state index < -0.39 is 47.4 Å². The molecule has 0 spiro atoms. The number of unbranched alkanes of at least 4 members (excludes halogenated alkanes) is 1. The smallest absolute Gasteiger partial charge is 0.317 e. The zero-order valence-corrected chi connectivity index (χ0v) is 31.7. The number of carbonyl (C=O) groups is 5. The van der Waals surface area contributed by atoms with Crippen LogP contribution < -0.4 is 27.0 Å². The van der Waals surface area contributed by atoms with Crippen LogP contribution in [0.4, 0.5) is 0 Å². The highest BCUT2D eigenvalue weighted by Crippen LogP contribution is 2.32. The summed E-state index contributed by atoms with van der Waals surface area (Å²) >= 11 is 0. The molecule has 13 nitrogen and oxygen atoms in total. The van der Waals surface area contributed by atoms with Crippen LogP contribution in [0.5, 0.6) is 0 Å². The molecular formula is C40H59N7O6. The molecule has 2 aromatic carbocycles. The third-order valence-corrected chi connectivity index (χ3v) is 10.2. The fourth-order valence-corrected chi connectivity index (χ4v) is 7.34. The first kappa shape index (κ1) is 41.4. The van der Waals surface area contributed by atoms with Crippen molar-refractivity contribution in [3.8, 4) is 0 Å². The minimum absolute atomic E-state index is 0.0176. The van der Waals surface area contributed by atoms with E-state index in [9.17, 15) is 29.1 Å². The highest BCUT2D eigenvalue weighted by Gasteiger charge is 2.47. The average molecular weight is 734 g/mol. The Morgan fingerprint density at radius 1 is 0.887 bits per heavy atom. The fraction of sp³-hybridized carbons (Fsp3) is 0.575. The molecule has 290 valence electrons. The number of piperazine rings is 1. The van der Waals surface area contributed by atoms with Gasteiger partial charge in [0.2, 0.25) is 23.6 Å². The molecule has 3 saturated heterocycles. The van der Waals surface area contributed by atoms with Crippen LogP contribution in [0, 0.1) is 5.92 Å². The van der Waals surface area contributed by atoms with Gasteiger partial charge in [-0.1, -0.05) is 81.4 Å². The van der Waals surface area contributed by atoms with Crippen LogP contribution in [0.2, 0.25) is 0 Å². The van der Waals surface area contributed by atoms with E-state index in [2.05, 4.69) is 21.3 Å².